The summed E-state index contributed by atoms with van der Waals surface area (Å²) in [6.45, 7) is 5.04. The number of benzene rings is 2. The fourth-order valence-electron chi connectivity index (χ4n) is 4.78. The molecular weight excluding hydrogens is 324 g/mol. The van der Waals surface area contributed by atoms with Crippen molar-refractivity contribution in [2.75, 3.05) is 25.1 Å². The van der Waals surface area contributed by atoms with Crippen LogP contribution in [0, 0.1) is 18.8 Å². The molecule has 138 valence electrons. The Bertz CT molecular complexity index is 745. The Morgan fingerprint density at radius 1 is 1.04 bits per heavy atom. The van der Waals surface area contributed by atoms with Gasteiger partial charge in [-0.1, -0.05) is 24.3 Å². The van der Waals surface area contributed by atoms with Crippen molar-refractivity contribution in [1.29, 1.82) is 0 Å². The van der Waals surface area contributed by atoms with Crippen molar-refractivity contribution in [2.24, 2.45) is 11.8 Å². The highest BCUT2D eigenvalue weighted by Gasteiger charge is 2.48. The van der Waals surface area contributed by atoms with E-state index < -0.39 is 5.60 Å². The van der Waals surface area contributed by atoms with E-state index in [1.807, 2.05) is 12.1 Å². The molecule has 2 aromatic carbocycles. The van der Waals surface area contributed by atoms with Gasteiger partial charge in [0, 0.05) is 25.2 Å². The molecule has 3 atom stereocenters. The molecular formula is C22H28N2O2. The van der Waals surface area contributed by atoms with Crippen LogP contribution < -0.4 is 5.32 Å². The van der Waals surface area contributed by atoms with Crippen molar-refractivity contribution in [3.05, 3.63) is 59.7 Å². The largest absolute Gasteiger partial charge is 0.508 e. The fraction of sp³-hybridized carbons (Fsp3) is 0.455. The summed E-state index contributed by atoms with van der Waals surface area (Å²) < 4.78 is 0. The molecule has 0 amide bonds. The highest BCUT2D eigenvalue weighted by atomic mass is 16.3. The number of aromatic hydroxyl groups is 1. The SMILES string of the molecule is Cc1ccccc1CC1(O)C[C@H]2CN(CNc3ccc(O)cc3)C[C@H]2C1. The quantitative estimate of drug-likeness (QED) is 0.722. The predicted molar refractivity (Wildman–Crippen MR) is 104 cm³/mol. The van der Waals surface area contributed by atoms with Crippen molar-refractivity contribution >= 4 is 5.69 Å². The molecule has 0 radical (unpaired) electrons. The number of fused-ring (bicyclic) bond motifs is 1. The summed E-state index contributed by atoms with van der Waals surface area (Å²) in [5.41, 5.74) is 3.03. The molecule has 1 saturated carbocycles. The predicted octanol–water partition coefficient (Wildman–Crippen LogP) is 3.39. The number of nitrogens with one attached hydrogen (secondary N) is 1. The van der Waals surface area contributed by atoms with Crippen LogP contribution >= 0.6 is 0 Å². The molecule has 2 aliphatic rings. The van der Waals surface area contributed by atoms with Gasteiger partial charge in [-0.15, -0.1) is 0 Å². The van der Waals surface area contributed by atoms with E-state index in [0.717, 1.165) is 44.7 Å². The van der Waals surface area contributed by atoms with Gasteiger partial charge in [0.2, 0.25) is 0 Å². The first kappa shape index (κ1) is 17.4. The molecule has 4 heteroatoms. The van der Waals surface area contributed by atoms with Gasteiger partial charge in [0.25, 0.3) is 0 Å². The lowest BCUT2D eigenvalue weighted by Crippen LogP contribution is -2.34. The molecule has 2 fully saturated rings. The first-order valence-electron chi connectivity index (χ1n) is 9.53. The number of rotatable bonds is 5. The zero-order valence-electron chi connectivity index (χ0n) is 15.4. The Morgan fingerprint density at radius 3 is 2.35 bits per heavy atom. The van der Waals surface area contributed by atoms with Crippen molar-refractivity contribution < 1.29 is 10.2 Å². The van der Waals surface area contributed by atoms with Crippen LogP contribution in [0.3, 0.4) is 0 Å². The van der Waals surface area contributed by atoms with E-state index in [1.165, 1.54) is 11.1 Å². The number of aliphatic hydroxyl groups is 1. The van der Waals surface area contributed by atoms with Crippen LogP contribution in [0.5, 0.6) is 5.75 Å². The van der Waals surface area contributed by atoms with E-state index in [9.17, 15) is 10.2 Å². The van der Waals surface area contributed by atoms with Crippen molar-refractivity contribution in [1.82, 2.24) is 4.90 Å². The van der Waals surface area contributed by atoms with E-state index in [0.29, 0.717) is 17.6 Å². The maximum absolute atomic E-state index is 11.1. The first-order valence-corrected chi connectivity index (χ1v) is 9.53. The molecule has 2 aromatic rings. The summed E-state index contributed by atoms with van der Waals surface area (Å²) in [4.78, 5) is 2.44. The van der Waals surface area contributed by atoms with Gasteiger partial charge >= 0.3 is 0 Å². The molecule has 1 aliphatic carbocycles. The Labute approximate surface area is 155 Å². The van der Waals surface area contributed by atoms with Crippen molar-refractivity contribution in [2.45, 2.75) is 31.8 Å². The summed E-state index contributed by atoms with van der Waals surface area (Å²) in [7, 11) is 0. The van der Waals surface area contributed by atoms with Gasteiger partial charge in [0.1, 0.15) is 5.75 Å². The molecule has 1 unspecified atom stereocenters. The second-order valence-corrected chi connectivity index (χ2v) is 8.17. The second kappa shape index (κ2) is 6.93. The number of nitrogens with zero attached hydrogens (tertiary/aromatic N) is 1. The van der Waals surface area contributed by atoms with Gasteiger partial charge in [-0.2, -0.15) is 0 Å². The molecule has 0 spiro atoms. The fourth-order valence-corrected chi connectivity index (χ4v) is 4.78. The molecule has 3 N–H and O–H groups in total. The summed E-state index contributed by atoms with van der Waals surface area (Å²) in [6, 6.07) is 15.6. The number of anilines is 1. The third kappa shape index (κ3) is 3.71. The van der Waals surface area contributed by atoms with Crippen LogP contribution in [-0.2, 0) is 6.42 Å². The second-order valence-electron chi connectivity index (χ2n) is 8.17. The third-order valence-corrected chi connectivity index (χ3v) is 6.09. The normalized spacial score (nSPS) is 28.2. The number of phenols is 1. The highest BCUT2D eigenvalue weighted by Crippen LogP contribution is 2.45. The minimum atomic E-state index is -0.544. The van der Waals surface area contributed by atoms with Crippen LogP contribution in [0.2, 0.25) is 0 Å². The lowest BCUT2D eigenvalue weighted by Gasteiger charge is -2.27. The highest BCUT2D eigenvalue weighted by molar-refractivity contribution is 5.45. The molecule has 1 heterocycles. The Balaban J connectivity index is 1.31. The molecule has 4 nitrogen and oxygen atoms in total. The monoisotopic (exact) mass is 352 g/mol. The summed E-state index contributed by atoms with van der Waals surface area (Å²) in [5, 5.41) is 23.9. The summed E-state index contributed by atoms with van der Waals surface area (Å²) >= 11 is 0. The molecule has 26 heavy (non-hydrogen) atoms. The summed E-state index contributed by atoms with van der Waals surface area (Å²) in [5.74, 6) is 1.47. The Kier molecular flexibility index (Phi) is 4.63. The number of phenolic OH excluding ortho intramolecular Hbond substituents is 1. The molecule has 0 aromatic heterocycles. The number of hydrogen-bond donors (Lipinski definition) is 3. The van der Waals surface area contributed by atoms with Gasteiger partial charge in [-0.05, 0) is 67.0 Å². The van der Waals surface area contributed by atoms with Crippen molar-refractivity contribution in [3.8, 4) is 5.75 Å². The van der Waals surface area contributed by atoms with Crippen LogP contribution in [0.4, 0.5) is 5.69 Å². The maximum Gasteiger partial charge on any atom is 0.115 e. The maximum atomic E-state index is 11.1. The Morgan fingerprint density at radius 2 is 1.69 bits per heavy atom. The van der Waals surface area contributed by atoms with Gasteiger partial charge in [0.05, 0.1) is 12.3 Å². The van der Waals surface area contributed by atoms with Crippen LogP contribution in [-0.4, -0.2) is 40.5 Å². The zero-order valence-corrected chi connectivity index (χ0v) is 15.4. The minimum Gasteiger partial charge on any atom is -0.508 e. The van der Waals surface area contributed by atoms with Crippen LogP contribution in [0.15, 0.2) is 48.5 Å². The average molecular weight is 352 g/mol. The van der Waals surface area contributed by atoms with Crippen molar-refractivity contribution in [3.63, 3.8) is 0 Å². The lowest BCUT2D eigenvalue weighted by molar-refractivity contribution is 0.0356. The van der Waals surface area contributed by atoms with Gasteiger partial charge in [0.15, 0.2) is 0 Å². The zero-order chi connectivity index (χ0) is 18.1. The van der Waals surface area contributed by atoms with E-state index in [4.69, 9.17) is 0 Å². The smallest absolute Gasteiger partial charge is 0.115 e. The number of likely N-dealkylation sites (tertiary alicyclic amines) is 1. The van der Waals surface area contributed by atoms with Crippen LogP contribution in [0.1, 0.15) is 24.0 Å². The van der Waals surface area contributed by atoms with Gasteiger partial charge < -0.3 is 15.5 Å². The van der Waals surface area contributed by atoms with Gasteiger partial charge in [-0.3, -0.25) is 4.90 Å². The third-order valence-electron chi connectivity index (χ3n) is 6.09. The number of hydrogen-bond acceptors (Lipinski definition) is 4. The molecule has 1 aliphatic heterocycles. The first-order chi connectivity index (χ1) is 12.5. The van der Waals surface area contributed by atoms with E-state index in [2.05, 4.69) is 41.4 Å². The van der Waals surface area contributed by atoms with Crippen LogP contribution in [0.25, 0.3) is 0 Å². The number of aryl methyl sites for hydroxylation is 1. The molecule has 4 rings (SSSR count). The average Bonchev–Trinajstić information content (AvgIpc) is 3.11. The van der Waals surface area contributed by atoms with E-state index >= 15 is 0 Å². The Hall–Kier alpha value is -2.04. The van der Waals surface area contributed by atoms with E-state index in [-0.39, 0.29) is 0 Å². The molecule has 1 saturated heterocycles. The minimum absolute atomic E-state index is 0.291. The van der Waals surface area contributed by atoms with E-state index in [1.54, 1.807) is 12.1 Å². The summed E-state index contributed by atoms with van der Waals surface area (Å²) in [6.07, 6.45) is 2.59. The standard InChI is InChI=1S/C22H28N2O2/c1-16-4-2-3-5-17(16)10-22(26)11-18-13-24(14-19(18)12-22)15-23-20-6-8-21(25)9-7-20/h2-9,18-19,23,25-26H,10-15H2,1H3/t18-,19+,22?. The van der Waals surface area contributed by atoms with Gasteiger partial charge in [-0.25, -0.2) is 0 Å². The topological polar surface area (TPSA) is 55.7 Å². The lowest BCUT2D eigenvalue weighted by atomic mass is 9.89. The molecule has 0 bridgehead atoms.